The molecule has 82 valence electrons. The third-order valence-electron chi connectivity index (χ3n) is 3.15. The summed E-state index contributed by atoms with van der Waals surface area (Å²) >= 11 is 0. The Morgan fingerprint density at radius 3 is 2.47 bits per heavy atom. The SMILES string of the molecule is COc1ccc(OC)c(C2(O)CC2C)c1. The number of rotatable bonds is 3. The molecule has 1 aromatic rings. The smallest absolute Gasteiger partial charge is 0.125 e. The van der Waals surface area contributed by atoms with Crippen LogP contribution in [0.5, 0.6) is 11.5 Å². The van der Waals surface area contributed by atoms with E-state index in [1.54, 1.807) is 14.2 Å². The van der Waals surface area contributed by atoms with Crippen LogP contribution in [-0.4, -0.2) is 19.3 Å². The summed E-state index contributed by atoms with van der Waals surface area (Å²) in [6, 6.07) is 5.51. The third kappa shape index (κ3) is 1.57. The average Bonchev–Trinajstić information content (AvgIpc) is 2.87. The Labute approximate surface area is 89.6 Å². The molecule has 0 saturated heterocycles. The summed E-state index contributed by atoms with van der Waals surface area (Å²) in [5.41, 5.74) is 0.108. The zero-order valence-corrected chi connectivity index (χ0v) is 9.28. The highest BCUT2D eigenvalue weighted by Gasteiger charge is 2.52. The van der Waals surface area contributed by atoms with Crippen LogP contribution in [0.25, 0.3) is 0 Å². The van der Waals surface area contributed by atoms with E-state index < -0.39 is 5.60 Å². The highest BCUT2D eigenvalue weighted by atomic mass is 16.5. The van der Waals surface area contributed by atoms with E-state index in [0.717, 1.165) is 23.5 Å². The highest BCUT2D eigenvalue weighted by Crippen LogP contribution is 2.54. The van der Waals surface area contributed by atoms with Gasteiger partial charge in [-0.15, -0.1) is 0 Å². The molecule has 0 bridgehead atoms. The van der Waals surface area contributed by atoms with Crippen molar-refractivity contribution < 1.29 is 14.6 Å². The second-order valence-corrected chi connectivity index (χ2v) is 4.10. The van der Waals surface area contributed by atoms with E-state index in [1.807, 2.05) is 25.1 Å². The molecule has 0 aliphatic heterocycles. The number of aliphatic hydroxyl groups is 1. The molecule has 0 spiro atoms. The summed E-state index contributed by atoms with van der Waals surface area (Å²) in [7, 11) is 3.23. The summed E-state index contributed by atoms with van der Waals surface area (Å²) in [6.45, 7) is 2.03. The van der Waals surface area contributed by atoms with Gasteiger partial charge in [-0.05, 0) is 30.5 Å². The fraction of sp³-hybridized carbons (Fsp3) is 0.500. The van der Waals surface area contributed by atoms with Crippen LogP contribution in [0.15, 0.2) is 18.2 Å². The normalized spacial score (nSPS) is 28.7. The monoisotopic (exact) mass is 208 g/mol. The van der Waals surface area contributed by atoms with Gasteiger partial charge in [0.05, 0.1) is 19.8 Å². The Hall–Kier alpha value is -1.22. The van der Waals surface area contributed by atoms with Gasteiger partial charge in [0.1, 0.15) is 11.5 Å². The molecule has 15 heavy (non-hydrogen) atoms. The predicted molar refractivity (Wildman–Crippen MR) is 57.2 cm³/mol. The maximum absolute atomic E-state index is 10.3. The van der Waals surface area contributed by atoms with Crippen molar-refractivity contribution in [3.05, 3.63) is 23.8 Å². The number of hydrogen-bond donors (Lipinski definition) is 1. The second kappa shape index (κ2) is 3.42. The first-order valence-corrected chi connectivity index (χ1v) is 5.06. The summed E-state index contributed by atoms with van der Waals surface area (Å²) in [4.78, 5) is 0. The van der Waals surface area contributed by atoms with Gasteiger partial charge in [0.25, 0.3) is 0 Å². The number of methoxy groups -OCH3 is 2. The maximum atomic E-state index is 10.3. The highest BCUT2D eigenvalue weighted by molar-refractivity contribution is 5.46. The van der Waals surface area contributed by atoms with Crippen LogP contribution >= 0.6 is 0 Å². The van der Waals surface area contributed by atoms with Crippen LogP contribution in [0.3, 0.4) is 0 Å². The summed E-state index contributed by atoms with van der Waals surface area (Å²) in [5.74, 6) is 1.76. The summed E-state index contributed by atoms with van der Waals surface area (Å²) < 4.78 is 10.4. The van der Waals surface area contributed by atoms with Crippen molar-refractivity contribution in [2.24, 2.45) is 5.92 Å². The number of ether oxygens (including phenoxy) is 2. The quantitative estimate of drug-likeness (QED) is 0.825. The van der Waals surface area contributed by atoms with E-state index in [2.05, 4.69) is 0 Å². The Balaban J connectivity index is 2.43. The van der Waals surface area contributed by atoms with E-state index in [1.165, 1.54) is 0 Å². The zero-order valence-electron chi connectivity index (χ0n) is 9.28. The van der Waals surface area contributed by atoms with E-state index in [9.17, 15) is 5.11 Å². The van der Waals surface area contributed by atoms with Crippen molar-refractivity contribution in [3.63, 3.8) is 0 Å². The van der Waals surface area contributed by atoms with Crippen LogP contribution < -0.4 is 9.47 Å². The minimum Gasteiger partial charge on any atom is -0.497 e. The second-order valence-electron chi connectivity index (χ2n) is 4.10. The number of hydrogen-bond acceptors (Lipinski definition) is 3. The molecule has 0 amide bonds. The minimum atomic E-state index is -0.722. The molecule has 0 heterocycles. The van der Waals surface area contributed by atoms with Gasteiger partial charge in [0, 0.05) is 5.56 Å². The molecule has 1 aromatic carbocycles. The predicted octanol–water partition coefficient (Wildman–Crippen LogP) is 1.93. The van der Waals surface area contributed by atoms with E-state index in [4.69, 9.17) is 9.47 Å². The van der Waals surface area contributed by atoms with E-state index in [0.29, 0.717) is 5.92 Å². The van der Waals surface area contributed by atoms with Gasteiger partial charge in [-0.3, -0.25) is 0 Å². The van der Waals surface area contributed by atoms with Crippen LogP contribution in [-0.2, 0) is 5.60 Å². The minimum absolute atomic E-state index is 0.290. The molecule has 3 nitrogen and oxygen atoms in total. The Bertz CT molecular complexity index is 375. The van der Waals surface area contributed by atoms with Crippen molar-refractivity contribution >= 4 is 0 Å². The Morgan fingerprint density at radius 2 is 2.00 bits per heavy atom. The molecular formula is C12H16O3. The molecule has 2 rings (SSSR count). The average molecular weight is 208 g/mol. The van der Waals surface area contributed by atoms with Crippen molar-refractivity contribution in [1.82, 2.24) is 0 Å². The Kier molecular flexibility index (Phi) is 2.35. The fourth-order valence-corrected chi connectivity index (χ4v) is 1.94. The Morgan fingerprint density at radius 1 is 1.33 bits per heavy atom. The van der Waals surface area contributed by atoms with Crippen molar-refractivity contribution in [1.29, 1.82) is 0 Å². The lowest BCUT2D eigenvalue weighted by molar-refractivity contribution is 0.130. The van der Waals surface area contributed by atoms with Crippen LogP contribution in [0.4, 0.5) is 0 Å². The van der Waals surface area contributed by atoms with Gasteiger partial charge in [0.15, 0.2) is 0 Å². The van der Waals surface area contributed by atoms with Crippen molar-refractivity contribution in [2.75, 3.05) is 14.2 Å². The first-order chi connectivity index (χ1) is 7.11. The zero-order chi connectivity index (χ0) is 11.1. The summed E-state index contributed by atoms with van der Waals surface area (Å²) in [5, 5.41) is 10.3. The van der Waals surface area contributed by atoms with Crippen molar-refractivity contribution in [3.8, 4) is 11.5 Å². The molecule has 1 aliphatic rings. The molecule has 3 heteroatoms. The molecule has 1 fully saturated rings. The fourth-order valence-electron chi connectivity index (χ4n) is 1.94. The van der Waals surface area contributed by atoms with Crippen LogP contribution in [0.1, 0.15) is 18.9 Å². The van der Waals surface area contributed by atoms with Gasteiger partial charge in [0.2, 0.25) is 0 Å². The maximum Gasteiger partial charge on any atom is 0.125 e. The lowest BCUT2D eigenvalue weighted by Gasteiger charge is -2.15. The molecule has 2 unspecified atom stereocenters. The molecule has 1 N–H and O–H groups in total. The van der Waals surface area contributed by atoms with Crippen LogP contribution in [0, 0.1) is 5.92 Å². The van der Waals surface area contributed by atoms with Crippen LogP contribution in [0.2, 0.25) is 0 Å². The molecule has 1 aliphatic carbocycles. The van der Waals surface area contributed by atoms with Crippen molar-refractivity contribution in [2.45, 2.75) is 18.9 Å². The van der Waals surface area contributed by atoms with Gasteiger partial charge >= 0.3 is 0 Å². The molecule has 0 radical (unpaired) electrons. The molecule has 1 saturated carbocycles. The first-order valence-electron chi connectivity index (χ1n) is 5.06. The van der Waals surface area contributed by atoms with Gasteiger partial charge in [-0.2, -0.15) is 0 Å². The van der Waals surface area contributed by atoms with E-state index in [-0.39, 0.29) is 0 Å². The van der Waals surface area contributed by atoms with Gasteiger partial charge < -0.3 is 14.6 Å². The lowest BCUT2D eigenvalue weighted by atomic mass is 10.0. The molecular weight excluding hydrogens is 192 g/mol. The molecule has 2 atom stereocenters. The topological polar surface area (TPSA) is 38.7 Å². The first kappa shape index (κ1) is 10.3. The largest absolute Gasteiger partial charge is 0.497 e. The molecule has 0 aromatic heterocycles. The lowest BCUT2D eigenvalue weighted by Crippen LogP contribution is -2.09. The standard InChI is InChI=1S/C12H16O3/c1-8-7-12(8,13)10-6-9(14-2)4-5-11(10)15-3/h4-6,8,13H,7H2,1-3H3. The van der Waals surface area contributed by atoms with Gasteiger partial charge in [-0.25, -0.2) is 0 Å². The third-order valence-corrected chi connectivity index (χ3v) is 3.15. The van der Waals surface area contributed by atoms with Gasteiger partial charge in [-0.1, -0.05) is 6.92 Å². The van der Waals surface area contributed by atoms with E-state index >= 15 is 0 Å². The summed E-state index contributed by atoms with van der Waals surface area (Å²) in [6.07, 6.45) is 0.788. The number of benzene rings is 1.